The predicted octanol–water partition coefficient (Wildman–Crippen LogP) is 2.07. The molecule has 0 aliphatic carbocycles. The first-order valence-corrected chi connectivity index (χ1v) is 9.11. The Morgan fingerprint density at radius 1 is 1.64 bits per heavy atom. The zero-order chi connectivity index (χ0) is 15.4. The number of nitrogens with zero attached hydrogens (tertiary/aromatic N) is 2. The van der Waals surface area contributed by atoms with Crippen molar-refractivity contribution in [2.45, 2.75) is 32.3 Å². The third-order valence-electron chi connectivity index (χ3n) is 4.78. The SMILES string of the molecule is CC(CC(=O)N1CCOC(c2nccs2)C1)C1CCCNC1. The number of nitrogens with one attached hydrogen (secondary N) is 1. The van der Waals surface area contributed by atoms with Gasteiger partial charge in [-0.25, -0.2) is 4.98 Å². The number of rotatable bonds is 4. The Morgan fingerprint density at radius 2 is 2.55 bits per heavy atom. The fraction of sp³-hybridized carbons (Fsp3) is 0.750. The lowest BCUT2D eigenvalue weighted by Gasteiger charge is -2.34. The molecule has 0 saturated carbocycles. The smallest absolute Gasteiger partial charge is 0.223 e. The molecule has 2 saturated heterocycles. The van der Waals surface area contributed by atoms with Gasteiger partial charge in [0.15, 0.2) is 0 Å². The summed E-state index contributed by atoms with van der Waals surface area (Å²) in [4.78, 5) is 18.9. The quantitative estimate of drug-likeness (QED) is 0.921. The second-order valence-electron chi connectivity index (χ2n) is 6.36. The Labute approximate surface area is 136 Å². The summed E-state index contributed by atoms with van der Waals surface area (Å²) in [5.41, 5.74) is 0. The molecule has 1 amide bonds. The van der Waals surface area contributed by atoms with Crippen LogP contribution in [0.5, 0.6) is 0 Å². The number of hydrogen-bond acceptors (Lipinski definition) is 5. The fourth-order valence-electron chi connectivity index (χ4n) is 3.35. The Morgan fingerprint density at radius 3 is 3.27 bits per heavy atom. The molecular formula is C16H25N3O2S. The molecule has 5 nitrogen and oxygen atoms in total. The molecule has 1 N–H and O–H groups in total. The van der Waals surface area contributed by atoms with E-state index in [0.717, 1.165) is 18.1 Å². The van der Waals surface area contributed by atoms with Gasteiger partial charge in [-0.2, -0.15) is 0 Å². The second-order valence-corrected chi connectivity index (χ2v) is 7.28. The van der Waals surface area contributed by atoms with E-state index in [1.54, 1.807) is 17.5 Å². The monoisotopic (exact) mass is 323 g/mol. The van der Waals surface area contributed by atoms with E-state index >= 15 is 0 Å². The second kappa shape index (κ2) is 7.53. The van der Waals surface area contributed by atoms with Gasteiger partial charge in [0.2, 0.25) is 5.91 Å². The molecule has 1 aromatic rings. The van der Waals surface area contributed by atoms with Crippen LogP contribution in [0.3, 0.4) is 0 Å². The number of hydrogen-bond donors (Lipinski definition) is 1. The molecule has 2 aliphatic heterocycles. The van der Waals surface area contributed by atoms with Crippen molar-refractivity contribution in [3.8, 4) is 0 Å². The molecular weight excluding hydrogens is 298 g/mol. The molecule has 0 bridgehead atoms. The number of piperidine rings is 1. The predicted molar refractivity (Wildman–Crippen MR) is 86.8 cm³/mol. The molecule has 22 heavy (non-hydrogen) atoms. The highest BCUT2D eigenvalue weighted by Gasteiger charge is 2.29. The van der Waals surface area contributed by atoms with Gasteiger partial charge in [-0.15, -0.1) is 11.3 Å². The summed E-state index contributed by atoms with van der Waals surface area (Å²) in [6.45, 7) is 6.34. The van der Waals surface area contributed by atoms with E-state index in [0.29, 0.717) is 38.0 Å². The maximum atomic E-state index is 12.6. The minimum absolute atomic E-state index is 0.0515. The van der Waals surface area contributed by atoms with Crippen molar-refractivity contribution >= 4 is 17.2 Å². The van der Waals surface area contributed by atoms with Gasteiger partial charge in [0.05, 0.1) is 13.2 Å². The molecule has 1 aromatic heterocycles. The first-order chi connectivity index (χ1) is 10.7. The van der Waals surface area contributed by atoms with Crippen LogP contribution in [0, 0.1) is 11.8 Å². The van der Waals surface area contributed by atoms with Crippen LogP contribution in [0.1, 0.15) is 37.3 Å². The van der Waals surface area contributed by atoms with Crippen LogP contribution in [0.2, 0.25) is 0 Å². The van der Waals surface area contributed by atoms with E-state index in [1.165, 1.54) is 12.8 Å². The lowest BCUT2D eigenvalue weighted by Crippen LogP contribution is -2.43. The van der Waals surface area contributed by atoms with Gasteiger partial charge < -0.3 is 15.0 Å². The van der Waals surface area contributed by atoms with E-state index < -0.39 is 0 Å². The highest BCUT2D eigenvalue weighted by atomic mass is 32.1. The summed E-state index contributed by atoms with van der Waals surface area (Å²) >= 11 is 1.60. The maximum Gasteiger partial charge on any atom is 0.223 e. The van der Waals surface area contributed by atoms with Crippen LogP contribution in [0.15, 0.2) is 11.6 Å². The van der Waals surface area contributed by atoms with Gasteiger partial charge in [0.25, 0.3) is 0 Å². The summed E-state index contributed by atoms with van der Waals surface area (Å²) in [6, 6.07) is 0. The zero-order valence-electron chi connectivity index (χ0n) is 13.2. The number of aromatic nitrogens is 1. The van der Waals surface area contributed by atoms with Gasteiger partial charge in [-0.1, -0.05) is 6.92 Å². The molecule has 3 heterocycles. The van der Waals surface area contributed by atoms with Crippen molar-refractivity contribution in [2.75, 3.05) is 32.8 Å². The van der Waals surface area contributed by atoms with Crippen LogP contribution in [0.4, 0.5) is 0 Å². The minimum Gasteiger partial charge on any atom is -0.367 e. The van der Waals surface area contributed by atoms with Crippen molar-refractivity contribution < 1.29 is 9.53 Å². The molecule has 3 rings (SSSR count). The minimum atomic E-state index is -0.0515. The summed E-state index contributed by atoms with van der Waals surface area (Å²) < 4.78 is 5.77. The highest BCUT2D eigenvalue weighted by Crippen LogP contribution is 2.27. The lowest BCUT2D eigenvalue weighted by molar-refractivity contribution is -0.140. The number of morpholine rings is 1. The molecule has 0 radical (unpaired) electrons. The fourth-order valence-corrected chi connectivity index (χ4v) is 4.03. The van der Waals surface area contributed by atoms with Crippen molar-refractivity contribution in [3.05, 3.63) is 16.6 Å². The van der Waals surface area contributed by atoms with E-state index in [4.69, 9.17) is 4.74 Å². The largest absolute Gasteiger partial charge is 0.367 e. The first kappa shape index (κ1) is 15.9. The van der Waals surface area contributed by atoms with Gasteiger partial charge in [-0.3, -0.25) is 4.79 Å². The molecule has 2 fully saturated rings. The molecule has 3 atom stereocenters. The average molecular weight is 323 g/mol. The van der Waals surface area contributed by atoms with Crippen LogP contribution in [0.25, 0.3) is 0 Å². The van der Waals surface area contributed by atoms with Gasteiger partial charge in [-0.05, 0) is 37.8 Å². The number of carbonyl (C=O) groups excluding carboxylic acids is 1. The molecule has 0 aromatic carbocycles. The Kier molecular flexibility index (Phi) is 5.44. The van der Waals surface area contributed by atoms with Crippen LogP contribution in [-0.2, 0) is 9.53 Å². The Bertz CT molecular complexity index is 474. The van der Waals surface area contributed by atoms with Crippen LogP contribution in [-0.4, -0.2) is 48.6 Å². The molecule has 122 valence electrons. The van der Waals surface area contributed by atoms with E-state index in [-0.39, 0.29) is 12.0 Å². The van der Waals surface area contributed by atoms with E-state index in [9.17, 15) is 4.79 Å². The Hall–Kier alpha value is -0.980. The molecule has 3 unspecified atom stereocenters. The summed E-state index contributed by atoms with van der Waals surface area (Å²) in [5, 5.41) is 6.37. The van der Waals surface area contributed by atoms with Gasteiger partial charge >= 0.3 is 0 Å². The Balaban J connectivity index is 1.52. The van der Waals surface area contributed by atoms with E-state index in [2.05, 4.69) is 17.2 Å². The van der Waals surface area contributed by atoms with Crippen molar-refractivity contribution in [1.82, 2.24) is 15.2 Å². The van der Waals surface area contributed by atoms with Crippen molar-refractivity contribution in [3.63, 3.8) is 0 Å². The topological polar surface area (TPSA) is 54.5 Å². The summed E-state index contributed by atoms with van der Waals surface area (Å²) in [7, 11) is 0. The van der Waals surface area contributed by atoms with Crippen molar-refractivity contribution in [2.24, 2.45) is 11.8 Å². The van der Waals surface area contributed by atoms with Gasteiger partial charge in [0, 0.05) is 24.5 Å². The van der Waals surface area contributed by atoms with Gasteiger partial charge in [0.1, 0.15) is 11.1 Å². The molecule has 2 aliphatic rings. The lowest BCUT2D eigenvalue weighted by atomic mass is 9.85. The number of carbonyl (C=O) groups is 1. The maximum absolute atomic E-state index is 12.6. The average Bonchev–Trinajstić information content (AvgIpc) is 3.10. The molecule has 6 heteroatoms. The third kappa shape index (κ3) is 3.86. The van der Waals surface area contributed by atoms with Crippen LogP contribution >= 0.6 is 11.3 Å². The zero-order valence-corrected chi connectivity index (χ0v) is 14.0. The first-order valence-electron chi connectivity index (χ1n) is 8.23. The highest BCUT2D eigenvalue weighted by molar-refractivity contribution is 7.09. The normalized spacial score (nSPS) is 27.6. The standard InChI is InChI=1S/C16H25N3O2S/c1-12(13-3-2-4-17-10-13)9-15(20)19-6-7-21-14(11-19)16-18-5-8-22-16/h5,8,12-14,17H,2-4,6-7,9-11H2,1H3. The molecule has 0 spiro atoms. The van der Waals surface area contributed by atoms with E-state index in [1.807, 2.05) is 10.3 Å². The third-order valence-corrected chi connectivity index (χ3v) is 5.65. The summed E-state index contributed by atoms with van der Waals surface area (Å²) in [5.74, 6) is 1.35. The summed E-state index contributed by atoms with van der Waals surface area (Å²) in [6.07, 6.45) is 4.86. The number of thiazole rings is 1. The van der Waals surface area contributed by atoms with Crippen molar-refractivity contribution in [1.29, 1.82) is 0 Å². The number of amides is 1. The number of ether oxygens (including phenoxy) is 1. The van der Waals surface area contributed by atoms with Crippen LogP contribution < -0.4 is 5.32 Å².